The predicted molar refractivity (Wildman–Crippen MR) is 91.5 cm³/mol. The monoisotopic (exact) mass is 292 g/mol. The van der Waals surface area contributed by atoms with Crippen LogP contribution in [0.25, 0.3) is 16.5 Å². The average molecular weight is 292 g/mol. The lowest BCUT2D eigenvalue weighted by Crippen LogP contribution is -2.26. The van der Waals surface area contributed by atoms with Crippen molar-refractivity contribution in [3.8, 4) is 5.69 Å². The third-order valence-corrected chi connectivity index (χ3v) is 4.12. The number of rotatable bonds is 3. The van der Waals surface area contributed by atoms with Gasteiger partial charge in [0.15, 0.2) is 0 Å². The Morgan fingerprint density at radius 3 is 2.50 bits per heavy atom. The first-order valence-electron chi connectivity index (χ1n) is 7.59. The zero-order valence-corrected chi connectivity index (χ0v) is 12.9. The number of pyridine rings is 1. The van der Waals surface area contributed by atoms with Crippen molar-refractivity contribution < 1.29 is 0 Å². The summed E-state index contributed by atoms with van der Waals surface area (Å²) in [5.41, 5.74) is 8.98. The van der Waals surface area contributed by atoms with E-state index in [9.17, 15) is 4.79 Å². The van der Waals surface area contributed by atoms with Crippen LogP contribution in [-0.2, 0) is 0 Å². The van der Waals surface area contributed by atoms with Crippen LogP contribution in [0.4, 0.5) is 0 Å². The molecule has 2 N–H and O–H groups in total. The van der Waals surface area contributed by atoms with Crippen LogP contribution in [0.5, 0.6) is 0 Å². The fourth-order valence-electron chi connectivity index (χ4n) is 2.88. The topological polar surface area (TPSA) is 48.0 Å². The third kappa shape index (κ3) is 2.34. The first-order chi connectivity index (χ1) is 10.6. The Morgan fingerprint density at radius 1 is 1.09 bits per heavy atom. The molecule has 0 fully saturated rings. The second kappa shape index (κ2) is 5.78. The van der Waals surface area contributed by atoms with Crippen molar-refractivity contribution in [2.24, 2.45) is 5.73 Å². The van der Waals surface area contributed by atoms with Crippen LogP contribution in [0.2, 0.25) is 0 Å². The minimum atomic E-state index is -0.169. The molecular formula is C19H20N2O. The second-order valence-corrected chi connectivity index (χ2v) is 5.60. The molecule has 1 atom stereocenters. The van der Waals surface area contributed by atoms with Crippen molar-refractivity contribution >= 4 is 10.8 Å². The summed E-state index contributed by atoms with van der Waals surface area (Å²) < 4.78 is 1.75. The van der Waals surface area contributed by atoms with E-state index in [1.165, 1.54) is 0 Å². The van der Waals surface area contributed by atoms with Crippen molar-refractivity contribution in [2.45, 2.75) is 26.3 Å². The minimum Gasteiger partial charge on any atom is -0.323 e. The van der Waals surface area contributed by atoms with E-state index in [0.29, 0.717) is 0 Å². The molecule has 0 aliphatic carbocycles. The van der Waals surface area contributed by atoms with E-state index in [4.69, 9.17) is 5.73 Å². The highest BCUT2D eigenvalue weighted by molar-refractivity contribution is 5.85. The summed E-state index contributed by atoms with van der Waals surface area (Å²) in [5, 5.41) is 1.72. The maximum Gasteiger partial charge on any atom is 0.263 e. The van der Waals surface area contributed by atoms with Gasteiger partial charge in [-0.05, 0) is 42.5 Å². The second-order valence-electron chi connectivity index (χ2n) is 5.60. The zero-order chi connectivity index (χ0) is 15.7. The number of aryl methyl sites for hydroxylation is 1. The van der Waals surface area contributed by atoms with Gasteiger partial charge in [-0.1, -0.05) is 43.3 Å². The summed E-state index contributed by atoms with van der Waals surface area (Å²) in [4.78, 5) is 13.1. The van der Waals surface area contributed by atoms with Crippen LogP contribution < -0.4 is 11.3 Å². The standard InChI is InChI=1S/C19H20N2O/c1-3-16(20)17-12-14-9-7-8-13(2)18(14)19(22)21(17)15-10-5-4-6-11-15/h4-12,16H,3,20H2,1-2H3/t16-/m0/s1. The zero-order valence-electron chi connectivity index (χ0n) is 12.9. The molecule has 3 rings (SSSR count). The van der Waals surface area contributed by atoms with Gasteiger partial charge in [0.05, 0.1) is 5.39 Å². The van der Waals surface area contributed by atoms with Gasteiger partial charge < -0.3 is 5.73 Å². The predicted octanol–water partition coefficient (Wildman–Crippen LogP) is 3.71. The number of para-hydroxylation sites is 1. The smallest absolute Gasteiger partial charge is 0.263 e. The van der Waals surface area contributed by atoms with Crippen molar-refractivity contribution in [3.05, 3.63) is 76.2 Å². The molecule has 112 valence electrons. The van der Waals surface area contributed by atoms with Gasteiger partial charge in [-0.15, -0.1) is 0 Å². The number of aromatic nitrogens is 1. The highest BCUT2D eigenvalue weighted by Crippen LogP contribution is 2.23. The van der Waals surface area contributed by atoms with Crippen LogP contribution >= 0.6 is 0 Å². The molecule has 0 saturated carbocycles. The van der Waals surface area contributed by atoms with E-state index < -0.39 is 0 Å². The molecule has 1 aromatic heterocycles. The Balaban J connectivity index is 2.44. The van der Waals surface area contributed by atoms with Crippen LogP contribution in [0.3, 0.4) is 0 Å². The fourth-order valence-corrected chi connectivity index (χ4v) is 2.88. The van der Waals surface area contributed by atoms with E-state index in [-0.39, 0.29) is 11.6 Å². The number of fused-ring (bicyclic) bond motifs is 1. The van der Waals surface area contributed by atoms with E-state index in [2.05, 4.69) is 0 Å². The average Bonchev–Trinajstić information content (AvgIpc) is 2.54. The first kappa shape index (κ1) is 14.5. The quantitative estimate of drug-likeness (QED) is 0.800. The highest BCUT2D eigenvalue weighted by Gasteiger charge is 2.16. The van der Waals surface area contributed by atoms with Gasteiger partial charge in [-0.3, -0.25) is 9.36 Å². The maximum absolute atomic E-state index is 13.1. The van der Waals surface area contributed by atoms with Crippen molar-refractivity contribution in [1.82, 2.24) is 4.57 Å². The van der Waals surface area contributed by atoms with E-state index >= 15 is 0 Å². The number of benzene rings is 2. The van der Waals surface area contributed by atoms with Crippen LogP contribution in [0.15, 0.2) is 59.4 Å². The summed E-state index contributed by atoms with van der Waals surface area (Å²) in [6, 6.07) is 17.5. The van der Waals surface area contributed by atoms with Crippen molar-refractivity contribution in [3.63, 3.8) is 0 Å². The summed E-state index contributed by atoms with van der Waals surface area (Å²) in [5.74, 6) is 0. The van der Waals surface area contributed by atoms with Crippen LogP contribution in [0.1, 0.15) is 30.6 Å². The van der Waals surface area contributed by atoms with E-state index in [0.717, 1.165) is 34.1 Å². The summed E-state index contributed by atoms with van der Waals surface area (Å²) in [6.07, 6.45) is 0.781. The normalized spacial score (nSPS) is 12.5. The number of hydrogen-bond acceptors (Lipinski definition) is 2. The Labute approximate surface area is 130 Å². The Morgan fingerprint density at radius 2 is 1.82 bits per heavy atom. The fraction of sp³-hybridized carbons (Fsp3) is 0.211. The lowest BCUT2D eigenvalue weighted by atomic mass is 10.0. The van der Waals surface area contributed by atoms with Crippen LogP contribution in [0, 0.1) is 6.92 Å². The van der Waals surface area contributed by atoms with Gasteiger partial charge in [0, 0.05) is 17.4 Å². The summed E-state index contributed by atoms with van der Waals surface area (Å²) in [6.45, 7) is 4.00. The van der Waals surface area contributed by atoms with Gasteiger partial charge in [-0.25, -0.2) is 0 Å². The first-order valence-corrected chi connectivity index (χ1v) is 7.59. The molecule has 3 nitrogen and oxygen atoms in total. The summed E-state index contributed by atoms with van der Waals surface area (Å²) in [7, 11) is 0. The molecule has 0 spiro atoms. The third-order valence-electron chi connectivity index (χ3n) is 4.12. The van der Waals surface area contributed by atoms with E-state index in [1.54, 1.807) is 4.57 Å². The molecule has 1 heterocycles. The van der Waals surface area contributed by atoms with Gasteiger partial charge in [-0.2, -0.15) is 0 Å². The van der Waals surface area contributed by atoms with Crippen molar-refractivity contribution in [1.29, 1.82) is 0 Å². The highest BCUT2D eigenvalue weighted by atomic mass is 16.1. The number of nitrogens with two attached hydrogens (primary N) is 1. The molecule has 0 amide bonds. The molecule has 0 radical (unpaired) electrons. The molecule has 3 heteroatoms. The molecule has 2 aromatic carbocycles. The molecule has 0 aliphatic rings. The molecule has 0 bridgehead atoms. The Bertz CT molecular complexity index is 866. The number of nitrogens with zero attached hydrogens (tertiary/aromatic N) is 1. The van der Waals surface area contributed by atoms with Gasteiger partial charge in [0.2, 0.25) is 0 Å². The van der Waals surface area contributed by atoms with E-state index in [1.807, 2.05) is 68.4 Å². The molecule has 3 aromatic rings. The summed E-state index contributed by atoms with van der Waals surface area (Å²) >= 11 is 0. The lowest BCUT2D eigenvalue weighted by molar-refractivity contribution is 0.650. The largest absolute Gasteiger partial charge is 0.323 e. The Hall–Kier alpha value is -2.39. The minimum absolute atomic E-state index is 0.000648. The van der Waals surface area contributed by atoms with Crippen LogP contribution in [-0.4, -0.2) is 4.57 Å². The number of hydrogen-bond donors (Lipinski definition) is 1. The van der Waals surface area contributed by atoms with Crippen molar-refractivity contribution in [2.75, 3.05) is 0 Å². The maximum atomic E-state index is 13.1. The SMILES string of the molecule is CC[C@H](N)c1cc2cccc(C)c2c(=O)n1-c1ccccc1. The molecular weight excluding hydrogens is 272 g/mol. The lowest BCUT2D eigenvalue weighted by Gasteiger charge is -2.19. The molecule has 0 saturated heterocycles. The molecule has 0 unspecified atom stereocenters. The Kier molecular flexibility index (Phi) is 3.82. The molecule has 0 aliphatic heterocycles. The molecule has 22 heavy (non-hydrogen) atoms. The van der Waals surface area contributed by atoms with Gasteiger partial charge in [0.1, 0.15) is 0 Å². The van der Waals surface area contributed by atoms with Gasteiger partial charge in [0.25, 0.3) is 5.56 Å². The van der Waals surface area contributed by atoms with Gasteiger partial charge >= 0.3 is 0 Å².